The van der Waals surface area contributed by atoms with Gasteiger partial charge in [0, 0.05) is 11.8 Å². The number of carbonyl (C=O) groups is 2. The molecule has 0 saturated heterocycles. The topological polar surface area (TPSA) is 129 Å². The van der Waals surface area contributed by atoms with Gasteiger partial charge in [-0.05, 0) is 52.2 Å². The van der Waals surface area contributed by atoms with Gasteiger partial charge in [-0.3, -0.25) is 10.1 Å². The van der Waals surface area contributed by atoms with Crippen LogP contribution in [0.25, 0.3) is 0 Å². The fourth-order valence-corrected chi connectivity index (χ4v) is 3.35. The van der Waals surface area contributed by atoms with Crippen LogP contribution in [-0.2, 0) is 9.53 Å². The molecule has 1 atom stereocenters. The molecule has 1 aromatic rings. The summed E-state index contributed by atoms with van der Waals surface area (Å²) in [6, 6.07) is 1.35. The number of esters is 1. The van der Waals surface area contributed by atoms with Crippen LogP contribution in [0.2, 0.25) is 0 Å². The lowest BCUT2D eigenvalue weighted by molar-refractivity contribution is -0.386. The molecule has 0 radical (unpaired) electrons. The maximum absolute atomic E-state index is 13.0. The number of nitro groups is 1. The van der Waals surface area contributed by atoms with Crippen molar-refractivity contribution in [2.24, 2.45) is 0 Å². The second kappa shape index (κ2) is 10.8. The Kier molecular flexibility index (Phi) is 8.45. The first kappa shape index (κ1) is 25.0. The van der Waals surface area contributed by atoms with Crippen molar-refractivity contribution < 1.29 is 28.7 Å². The number of unbranched alkanes of at least 4 members (excludes halogenated alkanes) is 1. The summed E-state index contributed by atoms with van der Waals surface area (Å²) < 4.78 is 16.4. The van der Waals surface area contributed by atoms with Gasteiger partial charge in [0.05, 0.1) is 35.9 Å². The minimum absolute atomic E-state index is 0.0157. The normalized spacial score (nSPS) is 16.0. The molecule has 1 unspecified atom stereocenters. The molecule has 1 heterocycles. The molecule has 0 saturated carbocycles. The van der Waals surface area contributed by atoms with Crippen LogP contribution >= 0.6 is 0 Å². The van der Waals surface area contributed by atoms with Gasteiger partial charge in [0.1, 0.15) is 0 Å². The fourth-order valence-electron chi connectivity index (χ4n) is 3.35. The number of ether oxygens (including phenoxy) is 3. The molecular formula is C22H31N3O7. The Morgan fingerprint density at radius 1 is 1.22 bits per heavy atom. The van der Waals surface area contributed by atoms with E-state index in [4.69, 9.17) is 14.2 Å². The number of nitro benzene ring substituents is 1. The third-order valence-corrected chi connectivity index (χ3v) is 4.66. The predicted molar refractivity (Wildman–Crippen MR) is 118 cm³/mol. The van der Waals surface area contributed by atoms with Gasteiger partial charge in [-0.1, -0.05) is 13.3 Å². The Balaban J connectivity index is 2.69. The van der Waals surface area contributed by atoms with E-state index >= 15 is 0 Å². The molecule has 2 rings (SSSR count). The Labute approximate surface area is 187 Å². The van der Waals surface area contributed by atoms with Gasteiger partial charge in [0.15, 0.2) is 5.75 Å². The summed E-state index contributed by atoms with van der Waals surface area (Å²) in [5.74, 6) is -0.492. The van der Waals surface area contributed by atoms with E-state index in [1.165, 1.54) is 19.2 Å². The van der Waals surface area contributed by atoms with Gasteiger partial charge in [0.25, 0.3) is 0 Å². The first-order valence-electron chi connectivity index (χ1n) is 10.6. The molecule has 10 nitrogen and oxygen atoms in total. The van der Waals surface area contributed by atoms with E-state index in [1.54, 1.807) is 27.7 Å². The number of nitrogens with zero attached hydrogens (tertiary/aromatic N) is 1. The molecule has 0 bridgehead atoms. The lowest BCUT2D eigenvalue weighted by Crippen LogP contribution is -2.46. The van der Waals surface area contributed by atoms with Crippen LogP contribution in [0.1, 0.15) is 65.5 Å². The number of amides is 2. The van der Waals surface area contributed by atoms with E-state index in [1.807, 2.05) is 6.92 Å². The van der Waals surface area contributed by atoms with Crippen LogP contribution in [-0.4, -0.2) is 36.2 Å². The summed E-state index contributed by atoms with van der Waals surface area (Å²) in [6.07, 6.45) is 1.34. The lowest BCUT2D eigenvalue weighted by atomic mass is 9.92. The molecule has 1 aliphatic rings. The second-order valence-electron chi connectivity index (χ2n) is 7.98. The number of rotatable bonds is 10. The molecule has 0 fully saturated rings. The molecule has 1 aliphatic heterocycles. The number of methoxy groups -OCH3 is 1. The van der Waals surface area contributed by atoms with E-state index < -0.39 is 23.0 Å². The quantitative estimate of drug-likeness (QED) is 0.312. The molecule has 2 N–H and O–H groups in total. The summed E-state index contributed by atoms with van der Waals surface area (Å²) in [5.41, 5.74) is 0.632. The highest BCUT2D eigenvalue weighted by Crippen LogP contribution is 2.42. The second-order valence-corrected chi connectivity index (χ2v) is 7.98. The number of hydrogen-bond donors (Lipinski definition) is 2. The molecule has 0 spiro atoms. The smallest absolute Gasteiger partial charge is 0.338 e. The number of benzene rings is 1. The van der Waals surface area contributed by atoms with Crippen molar-refractivity contribution in [3.8, 4) is 11.5 Å². The van der Waals surface area contributed by atoms with Crippen molar-refractivity contribution in [2.45, 2.75) is 72.1 Å². The highest BCUT2D eigenvalue weighted by Gasteiger charge is 2.36. The Morgan fingerprint density at radius 2 is 1.91 bits per heavy atom. The Morgan fingerprint density at radius 3 is 2.44 bits per heavy atom. The molecule has 0 aromatic heterocycles. The van der Waals surface area contributed by atoms with E-state index in [-0.39, 0.29) is 35.0 Å². The molecule has 1 aromatic carbocycles. The zero-order valence-corrected chi connectivity index (χ0v) is 19.3. The van der Waals surface area contributed by atoms with E-state index in [9.17, 15) is 19.7 Å². The summed E-state index contributed by atoms with van der Waals surface area (Å²) in [7, 11) is 1.37. The largest absolute Gasteiger partial charge is 0.493 e. The third-order valence-electron chi connectivity index (χ3n) is 4.66. The van der Waals surface area contributed by atoms with Gasteiger partial charge < -0.3 is 24.8 Å². The molecule has 10 heteroatoms. The summed E-state index contributed by atoms with van der Waals surface area (Å²) in [6.45, 7) is 8.92. The molecule has 32 heavy (non-hydrogen) atoms. The first-order chi connectivity index (χ1) is 15.1. The van der Waals surface area contributed by atoms with Crippen molar-refractivity contribution in [1.82, 2.24) is 10.6 Å². The summed E-state index contributed by atoms with van der Waals surface area (Å²) in [5, 5.41) is 17.2. The zero-order valence-electron chi connectivity index (χ0n) is 19.3. The van der Waals surface area contributed by atoms with Crippen molar-refractivity contribution in [1.29, 1.82) is 0 Å². The van der Waals surface area contributed by atoms with Crippen LogP contribution in [0.4, 0.5) is 10.5 Å². The predicted octanol–water partition coefficient (Wildman–Crippen LogP) is 4.14. The molecular weight excluding hydrogens is 418 g/mol. The number of nitrogens with one attached hydrogen (secondary N) is 2. The molecule has 0 aliphatic carbocycles. The summed E-state index contributed by atoms with van der Waals surface area (Å²) in [4.78, 5) is 36.6. The maximum atomic E-state index is 13.0. The van der Waals surface area contributed by atoms with Crippen LogP contribution in [0, 0.1) is 10.1 Å². The van der Waals surface area contributed by atoms with Crippen LogP contribution < -0.4 is 20.1 Å². The average molecular weight is 450 g/mol. The number of carbonyl (C=O) groups excluding carboxylic acids is 2. The van der Waals surface area contributed by atoms with Crippen LogP contribution in [0.5, 0.6) is 11.5 Å². The van der Waals surface area contributed by atoms with Gasteiger partial charge in [0.2, 0.25) is 5.75 Å². The van der Waals surface area contributed by atoms with E-state index in [0.29, 0.717) is 17.7 Å². The van der Waals surface area contributed by atoms with Crippen molar-refractivity contribution in [3.05, 3.63) is 39.1 Å². The number of urea groups is 1. The van der Waals surface area contributed by atoms with Crippen LogP contribution in [0.15, 0.2) is 23.4 Å². The van der Waals surface area contributed by atoms with Crippen molar-refractivity contribution in [3.63, 3.8) is 0 Å². The van der Waals surface area contributed by atoms with Gasteiger partial charge in [-0.2, -0.15) is 0 Å². The molecule has 176 valence electrons. The zero-order chi connectivity index (χ0) is 24.0. The van der Waals surface area contributed by atoms with Gasteiger partial charge >= 0.3 is 17.7 Å². The van der Waals surface area contributed by atoms with Crippen molar-refractivity contribution >= 4 is 17.7 Å². The van der Waals surface area contributed by atoms with Gasteiger partial charge in [-0.15, -0.1) is 0 Å². The summed E-state index contributed by atoms with van der Waals surface area (Å²) >= 11 is 0. The van der Waals surface area contributed by atoms with E-state index in [0.717, 1.165) is 12.8 Å². The maximum Gasteiger partial charge on any atom is 0.338 e. The highest BCUT2D eigenvalue weighted by molar-refractivity contribution is 5.95. The minimum Gasteiger partial charge on any atom is -0.493 e. The monoisotopic (exact) mass is 449 g/mol. The van der Waals surface area contributed by atoms with E-state index in [2.05, 4.69) is 10.6 Å². The average Bonchev–Trinajstić information content (AvgIpc) is 2.70. The van der Waals surface area contributed by atoms with Gasteiger partial charge in [-0.25, -0.2) is 9.59 Å². The highest BCUT2D eigenvalue weighted by atomic mass is 16.6. The first-order valence-corrected chi connectivity index (χ1v) is 10.6. The fraction of sp³-hybridized carbons (Fsp3) is 0.545. The number of hydrogen-bond acceptors (Lipinski definition) is 7. The Hall–Kier alpha value is -3.30. The number of allylic oxidation sites excluding steroid dienone is 1. The molecule has 2 amide bonds. The van der Waals surface area contributed by atoms with Crippen molar-refractivity contribution in [2.75, 3.05) is 7.11 Å². The SMILES string of the molecule is CCCCC1=C(C(=O)OC(C)C)C(c2cc(OC)c(OC(C)C)c([N+](=O)[O-])c2)NC(=O)N1. The van der Waals surface area contributed by atoms with Crippen LogP contribution in [0.3, 0.4) is 0 Å². The Bertz CT molecular complexity index is 909. The lowest BCUT2D eigenvalue weighted by Gasteiger charge is -2.30. The standard InChI is InChI=1S/C22H31N3O7/c1-7-8-9-15-18(21(26)32-13(4)5)19(24-22(27)23-15)14-10-16(25(28)29)20(31-12(2)3)17(11-14)30-6/h10-13,19H,7-9H2,1-6H3,(H2,23,24,27). The third kappa shape index (κ3) is 5.89. The minimum atomic E-state index is -0.956.